The number of aromatic nitrogens is 2. The first-order chi connectivity index (χ1) is 7.55. The van der Waals surface area contributed by atoms with E-state index in [9.17, 15) is 13.2 Å². The third kappa shape index (κ3) is 4.05. The van der Waals surface area contributed by atoms with E-state index < -0.39 is 11.9 Å². The topological polar surface area (TPSA) is 63.7 Å². The molecule has 4 N–H and O–H groups in total. The second-order valence-electron chi connectivity index (χ2n) is 3.39. The molecular formula is C11H13ClF3N3. The van der Waals surface area contributed by atoms with Gasteiger partial charge in [-0.1, -0.05) is 30.3 Å². The van der Waals surface area contributed by atoms with Gasteiger partial charge in [-0.3, -0.25) is 0 Å². The molecule has 0 amide bonds. The largest absolute Gasteiger partial charge is 0.434 e. The lowest BCUT2D eigenvalue weighted by molar-refractivity contribution is -0.140. The predicted octanol–water partition coefficient (Wildman–Crippen LogP) is 3.60. The molecule has 0 fully saturated rings. The average molecular weight is 280 g/mol. The summed E-state index contributed by atoms with van der Waals surface area (Å²) in [7, 11) is 0. The summed E-state index contributed by atoms with van der Waals surface area (Å²) in [4.78, 5) is 6.03. The fourth-order valence-electron chi connectivity index (χ4n) is 1.39. The van der Waals surface area contributed by atoms with Gasteiger partial charge in [-0.05, 0) is 5.56 Å². The molecular weight excluding hydrogens is 267 g/mol. The lowest BCUT2D eigenvalue weighted by Gasteiger charge is -2.00. The Morgan fingerprint density at radius 3 is 2.22 bits per heavy atom. The van der Waals surface area contributed by atoms with Crippen LogP contribution >= 0.6 is 12.4 Å². The SMILES string of the molecule is Cl.FC(F)(F)c1c[nH]c(Cc2ccccc2)n1.N. The lowest BCUT2D eigenvalue weighted by atomic mass is 10.1. The molecule has 0 aliphatic rings. The number of rotatable bonds is 2. The maximum absolute atomic E-state index is 12.3. The highest BCUT2D eigenvalue weighted by atomic mass is 35.5. The summed E-state index contributed by atoms with van der Waals surface area (Å²) in [5.41, 5.74) is 0.0454. The average Bonchev–Trinajstić information content (AvgIpc) is 2.67. The van der Waals surface area contributed by atoms with Crippen molar-refractivity contribution in [1.82, 2.24) is 16.1 Å². The quantitative estimate of drug-likeness (QED) is 0.882. The van der Waals surface area contributed by atoms with Crippen LogP contribution < -0.4 is 6.15 Å². The number of hydrogen-bond donors (Lipinski definition) is 2. The zero-order valence-electron chi connectivity index (χ0n) is 9.37. The van der Waals surface area contributed by atoms with Gasteiger partial charge in [-0.15, -0.1) is 12.4 Å². The molecule has 0 aliphatic heterocycles. The summed E-state index contributed by atoms with van der Waals surface area (Å²) in [6.07, 6.45) is -3.12. The fourth-order valence-corrected chi connectivity index (χ4v) is 1.39. The molecule has 0 saturated heterocycles. The Kier molecular flexibility index (Phi) is 5.87. The van der Waals surface area contributed by atoms with Gasteiger partial charge in [0.2, 0.25) is 0 Å². The molecule has 2 rings (SSSR count). The van der Waals surface area contributed by atoms with Crippen molar-refractivity contribution in [3.63, 3.8) is 0 Å². The number of aromatic amines is 1. The van der Waals surface area contributed by atoms with E-state index in [0.29, 0.717) is 12.2 Å². The third-order valence-electron chi connectivity index (χ3n) is 2.14. The second kappa shape index (κ2) is 6.42. The highest BCUT2D eigenvalue weighted by Crippen LogP contribution is 2.27. The van der Waals surface area contributed by atoms with Crippen molar-refractivity contribution in [1.29, 1.82) is 0 Å². The first kappa shape index (κ1) is 16.5. The summed E-state index contributed by atoms with van der Waals surface area (Å²) in [5, 5.41) is 0. The van der Waals surface area contributed by atoms with E-state index in [1.165, 1.54) is 0 Å². The number of imidazole rings is 1. The normalized spacial score (nSPS) is 10.4. The van der Waals surface area contributed by atoms with Crippen molar-refractivity contribution in [2.24, 2.45) is 0 Å². The van der Waals surface area contributed by atoms with E-state index in [0.717, 1.165) is 11.8 Å². The van der Waals surface area contributed by atoms with Crippen LogP contribution in [0.4, 0.5) is 13.2 Å². The Morgan fingerprint density at radius 2 is 1.72 bits per heavy atom. The smallest absolute Gasteiger partial charge is 0.348 e. The predicted molar refractivity (Wildman–Crippen MR) is 65.1 cm³/mol. The van der Waals surface area contributed by atoms with Crippen molar-refractivity contribution in [3.8, 4) is 0 Å². The molecule has 0 bridgehead atoms. The molecule has 100 valence electrons. The van der Waals surface area contributed by atoms with Crippen LogP contribution in [0.25, 0.3) is 0 Å². The first-order valence-electron chi connectivity index (χ1n) is 4.71. The molecule has 1 heterocycles. The number of nitrogens with one attached hydrogen (secondary N) is 1. The Bertz CT molecular complexity index is 468. The molecule has 1 aromatic heterocycles. The fraction of sp³-hybridized carbons (Fsp3) is 0.182. The highest BCUT2D eigenvalue weighted by Gasteiger charge is 2.33. The van der Waals surface area contributed by atoms with Crippen molar-refractivity contribution < 1.29 is 13.2 Å². The lowest BCUT2D eigenvalue weighted by Crippen LogP contribution is -2.05. The molecule has 1 aromatic carbocycles. The van der Waals surface area contributed by atoms with E-state index in [1.807, 2.05) is 30.3 Å². The molecule has 3 nitrogen and oxygen atoms in total. The Labute approximate surface area is 108 Å². The standard InChI is InChI=1S/C11H9F3N2.ClH.H3N/c12-11(13,14)9-7-15-10(16-9)6-8-4-2-1-3-5-8;;/h1-5,7H,6H2,(H,15,16);1H;1H3. The Hall–Kier alpha value is -1.53. The summed E-state index contributed by atoms with van der Waals surface area (Å²) < 4.78 is 36.8. The molecule has 18 heavy (non-hydrogen) atoms. The number of benzene rings is 1. The second-order valence-corrected chi connectivity index (χ2v) is 3.39. The van der Waals surface area contributed by atoms with Crippen molar-refractivity contribution in [2.75, 3.05) is 0 Å². The van der Waals surface area contributed by atoms with Gasteiger partial charge in [0.1, 0.15) is 5.82 Å². The molecule has 7 heteroatoms. The van der Waals surface area contributed by atoms with Crippen LogP contribution in [0.1, 0.15) is 17.1 Å². The zero-order valence-corrected chi connectivity index (χ0v) is 10.2. The van der Waals surface area contributed by atoms with Crippen molar-refractivity contribution >= 4 is 12.4 Å². The molecule has 0 saturated carbocycles. The van der Waals surface area contributed by atoms with Crippen LogP contribution in [0.2, 0.25) is 0 Å². The number of alkyl halides is 3. The monoisotopic (exact) mass is 279 g/mol. The zero-order chi connectivity index (χ0) is 11.6. The minimum atomic E-state index is -4.38. The van der Waals surface area contributed by atoms with E-state index in [2.05, 4.69) is 9.97 Å². The van der Waals surface area contributed by atoms with Crippen LogP contribution in [-0.2, 0) is 12.6 Å². The van der Waals surface area contributed by atoms with Gasteiger partial charge in [0, 0.05) is 12.6 Å². The van der Waals surface area contributed by atoms with Crippen molar-refractivity contribution in [2.45, 2.75) is 12.6 Å². The van der Waals surface area contributed by atoms with Crippen LogP contribution in [0.5, 0.6) is 0 Å². The molecule has 0 aliphatic carbocycles. The van der Waals surface area contributed by atoms with Crippen LogP contribution in [0.15, 0.2) is 36.5 Å². The summed E-state index contributed by atoms with van der Waals surface area (Å²) >= 11 is 0. The van der Waals surface area contributed by atoms with Gasteiger partial charge in [-0.25, -0.2) is 4.98 Å². The number of hydrogen-bond acceptors (Lipinski definition) is 2. The van der Waals surface area contributed by atoms with Gasteiger partial charge >= 0.3 is 6.18 Å². The molecule has 0 spiro atoms. The minimum Gasteiger partial charge on any atom is -0.348 e. The van der Waals surface area contributed by atoms with Gasteiger partial charge in [0.25, 0.3) is 0 Å². The summed E-state index contributed by atoms with van der Waals surface area (Å²) in [5.74, 6) is 0.318. The van der Waals surface area contributed by atoms with E-state index >= 15 is 0 Å². The molecule has 0 radical (unpaired) electrons. The van der Waals surface area contributed by atoms with Gasteiger partial charge in [-0.2, -0.15) is 13.2 Å². The van der Waals surface area contributed by atoms with Crippen LogP contribution in [0, 0.1) is 0 Å². The van der Waals surface area contributed by atoms with Crippen LogP contribution in [0.3, 0.4) is 0 Å². The Balaban J connectivity index is 0.00000144. The molecule has 0 unspecified atom stereocenters. The summed E-state index contributed by atoms with van der Waals surface area (Å²) in [6, 6.07) is 9.21. The molecule has 0 atom stereocenters. The van der Waals surface area contributed by atoms with Gasteiger partial charge < -0.3 is 11.1 Å². The van der Waals surface area contributed by atoms with Crippen LogP contribution in [-0.4, -0.2) is 9.97 Å². The maximum atomic E-state index is 12.3. The summed E-state index contributed by atoms with van der Waals surface area (Å²) in [6.45, 7) is 0. The molecule has 2 aromatic rings. The minimum absolute atomic E-state index is 0. The number of halogens is 4. The van der Waals surface area contributed by atoms with Crippen molar-refractivity contribution in [3.05, 3.63) is 53.6 Å². The third-order valence-corrected chi connectivity index (χ3v) is 2.14. The van der Waals surface area contributed by atoms with Gasteiger partial charge in [0.15, 0.2) is 5.69 Å². The first-order valence-corrected chi connectivity index (χ1v) is 4.71. The maximum Gasteiger partial charge on any atom is 0.434 e. The highest BCUT2D eigenvalue weighted by molar-refractivity contribution is 5.85. The van der Waals surface area contributed by atoms with E-state index in [-0.39, 0.29) is 18.6 Å². The number of H-pyrrole nitrogens is 1. The van der Waals surface area contributed by atoms with Gasteiger partial charge in [0.05, 0.1) is 0 Å². The Morgan fingerprint density at radius 1 is 1.11 bits per heavy atom. The number of nitrogens with zero attached hydrogens (tertiary/aromatic N) is 1. The van der Waals surface area contributed by atoms with E-state index in [4.69, 9.17) is 0 Å². The van der Waals surface area contributed by atoms with E-state index in [1.54, 1.807) is 0 Å².